The first kappa shape index (κ1) is 16.6. The Morgan fingerprint density at radius 2 is 2.29 bits per heavy atom. The summed E-state index contributed by atoms with van der Waals surface area (Å²) in [5, 5.41) is 3.08. The number of amides is 1. The molecule has 24 heavy (non-hydrogen) atoms. The molecule has 1 aromatic heterocycles. The van der Waals surface area contributed by atoms with Crippen molar-refractivity contribution in [2.24, 2.45) is 5.92 Å². The van der Waals surface area contributed by atoms with Crippen LogP contribution in [0.2, 0.25) is 0 Å². The molecule has 128 valence electrons. The maximum absolute atomic E-state index is 12.5. The van der Waals surface area contributed by atoms with Crippen LogP contribution in [-0.4, -0.2) is 28.6 Å². The molecule has 0 fully saturated rings. The quantitative estimate of drug-likeness (QED) is 0.830. The number of nitrogens with zero attached hydrogens (tertiary/aromatic N) is 2. The maximum Gasteiger partial charge on any atom is 0.223 e. The fraction of sp³-hybridized carbons (Fsp3) is 0.474. The number of rotatable bonds is 6. The smallest absolute Gasteiger partial charge is 0.223 e. The second-order valence-electron chi connectivity index (χ2n) is 6.18. The van der Waals surface area contributed by atoms with E-state index >= 15 is 0 Å². The van der Waals surface area contributed by atoms with Gasteiger partial charge in [0.1, 0.15) is 11.6 Å². The summed E-state index contributed by atoms with van der Waals surface area (Å²) in [5.41, 5.74) is 1.13. The van der Waals surface area contributed by atoms with Crippen molar-refractivity contribution in [3.63, 3.8) is 0 Å². The van der Waals surface area contributed by atoms with Gasteiger partial charge in [-0.15, -0.1) is 0 Å². The van der Waals surface area contributed by atoms with E-state index in [2.05, 4.69) is 21.8 Å². The zero-order chi connectivity index (χ0) is 16.8. The number of aryl methyl sites for hydroxylation is 2. The predicted molar refractivity (Wildman–Crippen MR) is 93.0 cm³/mol. The number of hydrogen-bond acceptors (Lipinski definition) is 3. The molecule has 0 unspecified atom stereocenters. The molecule has 0 aliphatic carbocycles. The summed E-state index contributed by atoms with van der Waals surface area (Å²) in [7, 11) is 0. The monoisotopic (exact) mass is 327 g/mol. The minimum Gasteiger partial charge on any atom is -0.493 e. The molecule has 2 aromatic rings. The number of imidazole rings is 1. The first-order valence-electron chi connectivity index (χ1n) is 8.76. The van der Waals surface area contributed by atoms with Crippen molar-refractivity contribution in [2.75, 3.05) is 13.2 Å². The van der Waals surface area contributed by atoms with Crippen LogP contribution in [0.15, 0.2) is 36.7 Å². The van der Waals surface area contributed by atoms with Crippen molar-refractivity contribution in [3.05, 3.63) is 48.0 Å². The molecule has 0 radical (unpaired) electrons. The van der Waals surface area contributed by atoms with Crippen molar-refractivity contribution >= 4 is 5.91 Å². The third kappa shape index (κ3) is 3.96. The molecule has 1 aliphatic heterocycles. The topological polar surface area (TPSA) is 56.2 Å². The second-order valence-corrected chi connectivity index (χ2v) is 6.18. The Bertz CT molecular complexity index is 681. The Morgan fingerprint density at radius 1 is 1.42 bits per heavy atom. The molecule has 5 nitrogen and oxygen atoms in total. The van der Waals surface area contributed by atoms with Gasteiger partial charge in [0.25, 0.3) is 0 Å². The van der Waals surface area contributed by atoms with E-state index in [4.69, 9.17) is 4.74 Å². The number of aromatic nitrogens is 2. The van der Waals surface area contributed by atoms with Crippen LogP contribution in [0, 0.1) is 5.92 Å². The van der Waals surface area contributed by atoms with Crippen LogP contribution in [0.1, 0.15) is 31.2 Å². The molecule has 5 heteroatoms. The normalized spacial score (nSPS) is 16.8. The average Bonchev–Trinajstić information content (AvgIpc) is 2.95. The third-order valence-electron chi connectivity index (χ3n) is 4.53. The second kappa shape index (κ2) is 7.99. The summed E-state index contributed by atoms with van der Waals surface area (Å²) < 4.78 is 7.89. The highest BCUT2D eigenvalue weighted by Crippen LogP contribution is 2.26. The van der Waals surface area contributed by atoms with Crippen molar-refractivity contribution in [2.45, 2.75) is 39.2 Å². The first-order valence-corrected chi connectivity index (χ1v) is 8.76. The summed E-state index contributed by atoms with van der Waals surface area (Å²) in [6, 6.07) is 8.00. The molecule has 0 spiro atoms. The summed E-state index contributed by atoms with van der Waals surface area (Å²) in [4.78, 5) is 16.8. The number of ether oxygens (including phenoxy) is 1. The van der Waals surface area contributed by atoms with Gasteiger partial charge in [0.15, 0.2) is 0 Å². The Hall–Kier alpha value is -2.30. The van der Waals surface area contributed by atoms with Gasteiger partial charge in [-0.05, 0) is 30.9 Å². The Kier molecular flexibility index (Phi) is 5.51. The van der Waals surface area contributed by atoms with Crippen LogP contribution in [0.5, 0.6) is 5.75 Å². The zero-order valence-electron chi connectivity index (χ0n) is 14.2. The van der Waals surface area contributed by atoms with Gasteiger partial charge in [0, 0.05) is 37.8 Å². The number of carbonyl (C=O) groups excluding carboxylic acids is 1. The van der Waals surface area contributed by atoms with Crippen LogP contribution in [-0.2, 0) is 24.2 Å². The van der Waals surface area contributed by atoms with Gasteiger partial charge < -0.3 is 14.6 Å². The van der Waals surface area contributed by atoms with Crippen LogP contribution in [0.25, 0.3) is 0 Å². The van der Waals surface area contributed by atoms with Crippen LogP contribution in [0.4, 0.5) is 0 Å². The summed E-state index contributed by atoms with van der Waals surface area (Å²) in [5.74, 6) is 2.14. The van der Waals surface area contributed by atoms with Gasteiger partial charge in [-0.25, -0.2) is 4.98 Å². The Morgan fingerprint density at radius 3 is 3.17 bits per heavy atom. The van der Waals surface area contributed by atoms with Crippen molar-refractivity contribution in [3.8, 4) is 5.75 Å². The van der Waals surface area contributed by atoms with Crippen molar-refractivity contribution in [1.82, 2.24) is 14.9 Å². The highest BCUT2D eigenvalue weighted by atomic mass is 16.5. The van der Waals surface area contributed by atoms with Crippen molar-refractivity contribution < 1.29 is 9.53 Å². The highest BCUT2D eigenvalue weighted by Gasteiger charge is 2.23. The lowest BCUT2D eigenvalue weighted by Crippen LogP contribution is -2.33. The fourth-order valence-electron chi connectivity index (χ4n) is 3.18. The minimum absolute atomic E-state index is 0.00639. The molecule has 1 N–H and O–H groups in total. The van der Waals surface area contributed by atoms with E-state index in [0.29, 0.717) is 13.2 Å². The van der Waals surface area contributed by atoms with Gasteiger partial charge in [-0.3, -0.25) is 4.79 Å². The van der Waals surface area contributed by atoms with Gasteiger partial charge in [-0.1, -0.05) is 25.1 Å². The largest absolute Gasteiger partial charge is 0.493 e. The highest BCUT2D eigenvalue weighted by molar-refractivity contribution is 5.79. The number of fused-ring (bicyclic) bond motifs is 1. The third-order valence-corrected chi connectivity index (χ3v) is 4.53. The molecule has 3 rings (SSSR count). The number of nitrogens with one attached hydrogen (secondary N) is 1. The number of para-hydroxylation sites is 1. The lowest BCUT2D eigenvalue weighted by molar-refractivity contribution is -0.125. The van der Waals surface area contributed by atoms with Crippen LogP contribution in [0.3, 0.4) is 0 Å². The van der Waals surface area contributed by atoms with Gasteiger partial charge in [0.05, 0.1) is 6.61 Å². The molecule has 2 heterocycles. The number of benzene rings is 1. The minimum atomic E-state index is -0.00639. The maximum atomic E-state index is 12.5. The number of hydrogen-bond donors (Lipinski definition) is 1. The Labute approximate surface area is 143 Å². The first-order chi connectivity index (χ1) is 11.8. The van der Waals surface area contributed by atoms with E-state index < -0.39 is 0 Å². The summed E-state index contributed by atoms with van der Waals surface area (Å²) in [6.07, 6.45) is 7.20. The molecular formula is C19H25N3O2. The van der Waals surface area contributed by atoms with Gasteiger partial charge in [-0.2, -0.15) is 0 Å². The van der Waals surface area contributed by atoms with E-state index in [9.17, 15) is 4.79 Å². The standard InChI is InChI=1S/C19H25N3O2/c1-2-18-20-10-12-22(18)11-5-9-21-19(23)16-8-13-24-17-7-4-3-6-15(17)14-16/h3-4,6-7,10,12,16H,2,5,8-9,11,13-14H2,1H3,(H,21,23)/t16-/m0/s1. The molecule has 1 aromatic carbocycles. The van der Waals surface area contributed by atoms with E-state index in [1.54, 1.807) is 0 Å². The summed E-state index contributed by atoms with van der Waals surface area (Å²) >= 11 is 0. The molecule has 0 saturated heterocycles. The average molecular weight is 327 g/mol. The van der Waals surface area contributed by atoms with E-state index in [1.165, 1.54) is 0 Å². The van der Waals surface area contributed by atoms with Crippen LogP contribution < -0.4 is 10.1 Å². The fourth-order valence-corrected chi connectivity index (χ4v) is 3.18. The van der Waals surface area contributed by atoms with Gasteiger partial charge >= 0.3 is 0 Å². The van der Waals surface area contributed by atoms with E-state index in [0.717, 1.165) is 49.4 Å². The molecule has 0 bridgehead atoms. The number of carbonyl (C=O) groups is 1. The SMILES string of the molecule is CCc1nccn1CCCNC(=O)[C@H]1CCOc2ccccc2C1. The molecule has 1 aliphatic rings. The predicted octanol–water partition coefficient (Wildman–Crippen LogP) is 2.59. The summed E-state index contributed by atoms with van der Waals surface area (Å²) in [6.45, 7) is 4.29. The lowest BCUT2D eigenvalue weighted by atomic mass is 9.96. The molecular weight excluding hydrogens is 302 g/mol. The molecule has 0 saturated carbocycles. The van der Waals surface area contributed by atoms with Crippen molar-refractivity contribution in [1.29, 1.82) is 0 Å². The van der Waals surface area contributed by atoms with Gasteiger partial charge in [0.2, 0.25) is 5.91 Å². The Balaban J connectivity index is 1.47. The van der Waals surface area contributed by atoms with E-state index in [1.807, 2.05) is 36.7 Å². The zero-order valence-corrected chi connectivity index (χ0v) is 14.2. The van der Waals surface area contributed by atoms with Crippen LogP contribution >= 0.6 is 0 Å². The molecule has 1 amide bonds. The molecule has 1 atom stereocenters. The lowest BCUT2D eigenvalue weighted by Gasteiger charge is -2.14. The van der Waals surface area contributed by atoms with E-state index in [-0.39, 0.29) is 11.8 Å².